The van der Waals surface area contributed by atoms with E-state index < -0.39 is 16.9 Å². The van der Waals surface area contributed by atoms with Gasteiger partial charge in [-0.15, -0.1) is 0 Å². The number of nitro benzene ring substituents is 1. The van der Waals surface area contributed by atoms with Crippen molar-refractivity contribution in [2.24, 2.45) is 0 Å². The minimum Gasteiger partial charge on any atom is -0.484 e. The monoisotopic (exact) mass is 295 g/mol. The molecule has 0 saturated carbocycles. The first kappa shape index (κ1) is 16.4. The number of carbonyl (C=O) groups is 2. The third-order valence-electron chi connectivity index (χ3n) is 2.52. The molecule has 1 rings (SSSR count). The Morgan fingerprint density at radius 3 is 2.76 bits per heavy atom. The van der Waals surface area contributed by atoms with Crippen molar-refractivity contribution in [2.45, 2.75) is 19.9 Å². The van der Waals surface area contributed by atoms with Gasteiger partial charge in [0, 0.05) is 12.6 Å². The SMILES string of the molecule is CCNC(=O)[C@@H](C)NC(=O)COc1cccc([N+](=O)[O-])c1. The Bertz CT molecular complexity index is 532. The molecular weight excluding hydrogens is 278 g/mol. The van der Waals surface area contributed by atoms with Gasteiger partial charge in [0.25, 0.3) is 11.6 Å². The molecule has 114 valence electrons. The summed E-state index contributed by atoms with van der Waals surface area (Å²) in [5.74, 6) is -0.563. The van der Waals surface area contributed by atoms with Crippen molar-refractivity contribution >= 4 is 17.5 Å². The van der Waals surface area contributed by atoms with E-state index in [0.717, 1.165) is 0 Å². The summed E-state index contributed by atoms with van der Waals surface area (Å²) in [5, 5.41) is 15.6. The van der Waals surface area contributed by atoms with Crippen molar-refractivity contribution in [1.29, 1.82) is 0 Å². The summed E-state index contributed by atoms with van der Waals surface area (Å²) in [5.41, 5.74) is -0.122. The minimum atomic E-state index is -0.675. The van der Waals surface area contributed by atoms with E-state index in [9.17, 15) is 19.7 Å². The summed E-state index contributed by atoms with van der Waals surface area (Å²) in [7, 11) is 0. The van der Waals surface area contributed by atoms with Crippen LogP contribution < -0.4 is 15.4 Å². The van der Waals surface area contributed by atoms with Crippen LogP contribution in [0.4, 0.5) is 5.69 Å². The van der Waals surface area contributed by atoms with E-state index in [2.05, 4.69) is 10.6 Å². The molecule has 1 atom stereocenters. The first-order valence-electron chi connectivity index (χ1n) is 6.38. The molecule has 1 aromatic rings. The number of carbonyl (C=O) groups excluding carboxylic acids is 2. The Balaban J connectivity index is 2.48. The number of amides is 2. The molecule has 8 nitrogen and oxygen atoms in total. The fourth-order valence-electron chi connectivity index (χ4n) is 1.51. The van der Waals surface area contributed by atoms with Gasteiger partial charge in [-0.05, 0) is 19.9 Å². The predicted molar refractivity (Wildman–Crippen MR) is 74.9 cm³/mol. The molecule has 1 aromatic carbocycles. The van der Waals surface area contributed by atoms with Crippen LogP contribution in [-0.2, 0) is 9.59 Å². The van der Waals surface area contributed by atoms with Crippen LogP contribution in [0.15, 0.2) is 24.3 Å². The molecule has 8 heteroatoms. The third-order valence-corrected chi connectivity index (χ3v) is 2.52. The Labute approximate surface area is 121 Å². The van der Waals surface area contributed by atoms with Crippen LogP contribution in [0.1, 0.15) is 13.8 Å². The predicted octanol–water partition coefficient (Wildman–Crippen LogP) is 0.614. The first-order valence-corrected chi connectivity index (χ1v) is 6.38. The minimum absolute atomic E-state index is 0.122. The number of non-ortho nitro benzene ring substituents is 1. The van der Waals surface area contributed by atoms with Crippen molar-refractivity contribution in [3.8, 4) is 5.75 Å². The van der Waals surface area contributed by atoms with E-state index in [1.54, 1.807) is 13.8 Å². The lowest BCUT2D eigenvalue weighted by atomic mass is 10.3. The number of nitrogens with one attached hydrogen (secondary N) is 2. The van der Waals surface area contributed by atoms with Gasteiger partial charge in [0.15, 0.2) is 6.61 Å². The molecule has 0 aliphatic carbocycles. The molecule has 21 heavy (non-hydrogen) atoms. The molecule has 0 radical (unpaired) electrons. The van der Waals surface area contributed by atoms with Crippen LogP contribution in [0, 0.1) is 10.1 Å². The van der Waals surface area contributed by atoms with E-state index in [4.69, 9.17) is 4.74 Å². The van der Waals surface area contributed by atoms with Crippen molar-refractivity contribution in [3.05, 3.63) is 34.4 Å². The highest BCUT2D eigenvalue weighted by molar-refractivity contribution is 5.87. The maximum atomic E-state index is 11.6. The van der Waals surface area contributed by atoms with Crippen molar-refractivity contribution < 1.29 is 19.2 Å². The molecule has 0 aliphatic heterocycles. The number of nitrogens with zero attached hydrogens (tertiary/aromatic N) is 1. The van der Waals surface area contributed by atoms with E-state index in [1.165, 1.54) is 24.3 Å². The van der Waals surface area contributed by atoms with Crippen molar-refractivity contribution in [1.82, 2.24) is 10.6 Å². The Morgan fingerprint density at radius 2 is 2.14 bits per heavy atom. The van der Waals surface area contributed by atoms with Crippen LogP contribution in [0.5, 0.6) is 5.75 Å². The van der Waals surface area contributed by atoms with Crippen LogP contribution in [0.2, 0.25) is 0 Å². The second-order valence-corrected chi connectivity index (χ2v) is 4.23. The van der Waals surface area contributed by atoms with Crippen molar-refractivity contribution in [2.75, 3.05) is 13.2 Å². The van der Waals surface area contributed by atoms with Crippen LogP contribution in [0.25, 0.3) is 0 Å². The zero-order chi connectivity index (χ0) is 15.8. The molecular formula is C13H17N3O5. The highest BCUT2D eigenvalue weighted by atomic mass is 16.6. The zero-order valence-electron chi connectivity index (χ0n) is 11.8. The van der Waals surface area contributed by atoms with Gasteiger partial charge >= 0.3 is 0 Å². The first-order chi connectivity index (χ1) is 9.93. The molecule has 0 aliphatic rings. The number of hydrogen-bond donors (Lipinski definition) is 2. The number of benzene rings is 1. The number of rotatable bonds is 7. The summed E-state index contributed by atoms with van der Waals surface area (Å²) in [6.45, 7) is 3.47. The average molecular weight is 295 g/mol. The maximum absolute atomic E-state index is 11.6. The molecule has 0 unspecified atom stereocenters. The van der Waals surface area contributed by atoms with E-state index in [-0.39, 0.29) is 24.0 Å². The van der Waals surface area contributed by atoms with Gasteiger partial charge in [0.1, 0.15) is 11.8 Å². The molecule has 0 fully saturated rings. The molecule has 0 aromatic heterocycles. The van der Waals surface area contributed by atoms with Crippen LogP contribution in [0.3, 0.4) is 0 Å². The van der Waals surface area contributed by atoms with Crippen molar-refractivity contribution in [3.63, 3.8) is 0 Å². The Hall–Kier alpha value is -2.64. The van der Waals surface area contributed by atoms with Crippen LogP contribution >= 0.6 is 0 Å². The second-order valence-electron chi connectivity index (χ2n) is 4.23. The number of nitro groups is 1. The zero-order valence-corrected chi connectivity index (χ0v) is 11.8. The van der Waals surface area contributed by atoms with Crippen LogP contribution in [-0.4, -0.2) is 35.9 Å². The summed E-state index contributed by atoms with van der Waals surface area (Å²) < 4.78 is 5.15. The van der Waals surface area contributed by atoms with E-state index >= 15 is 0 Å². The van der Waals surface area contributed by atoms with E-state index in [0.29, 0.717) is 6.54 Å². The van der Waals surface area contributed by atoms with E-state index in [1.807, 2.05) is 0 Å². The van der Waals surface area contributed by atoms with Gasteiger partial charge in [-0.3, -0.25) is 19.7 Å². The Morgan fingerprint density at radius 1 is 1.43 bits per heavy atom. The lowest BCUT2D eigenvalue weighted by Gasteiger charge is -2.13. The molecule has 2 N–H and O–H groups in total. The summed E-state index contributed by atoms with van der Waals surface area (Å²) in [4.78, 5) is 33.1. The smallest absolute Gasteiger partial charge is 0.273 e. The summed E-state index contributed by atoms with van der Waals surface area (Å²) in [6, 6.07) is 4.84. The highest BCUT2D eigenvalue weighted by Gasteiger charge is 2.15. The fraction of sp³-hybridized carbons (Fsp3) is 0.385. The maximum Gasteiger partial charge on any atom is 0.273 e. The van der Waals surface area contributed by atoms with Gasteiger partial charge < -0.3 is 15.4 Å². The standard InChI is InChI=1S/C13H17N3O5/c1-3-14-13(18)9(2)15-12(17)8-21-11-6-4-5-10(7-11)16(19)20/h4-7,9H,3,8H2,1-2H3,(H,14,18)(H,15,17)/t9-/m1/s1. The molecule has 0 saturated heterocycles. The topological polar surface area (TPSA) is 111 Å². The number of ether oxygens (including phenoxy) is 1. The molecule has 0 spiro atoms. The quantitative estimate of drug-likeness (QED) is 0.565. The largest absolute Gasteiger partial charge is 0.484 e. The lowest BCUT2D eigenvalue weighted by Crippen LogP contribution is -2.46. The average Bonchev–Trinajstić information content (AvgIpc) is 2.45. The van der Waals surface area contributed by atoms with Gasteiger partial charge in [-0.25, -0.2) is 0 Å². The molecule has 0 heterocycles. The number of likely N-dealkylation sites (N-methyl/N-ethyl adjacent to an activating group) is 1. The van der Waals surface area contributed by atoms with Gasteiger partial charge in [-0.1, -0.05) is 6.07 Å². The second kappa shape index (κ2) is 7.83. The Kier molecular flexibility index (Phi) is 6.12. The van der Waals surface area contributed by atoms with Gasteiger partial charge in [-0.2, -0.15) is 0 Å². The normalized spacial score (nSPS) is 11.3. The molecule has 0 bridgehead atoms. The van der Waals surface area contributed by atoms with Gasteiger partial charge in [0.2, 0.25) is 5.91 Å². The summed E-state index contributed by atoms with van der Waals surface area (Å²) in [6.07, 6.45) is 0. The number of hydrogen-bond acceptors (Lipinski definition) is 5. The fourth-order valence-corrected chi connectivity index (χ4v) is 1.51. The molecule has 2 amide bonds. The van der Waals surface area contributed by atoms with Gasteiger partial charge in [0.05, 0.1) is 11.0 Å². The summed E-state index contributed by atoms with van der Waals surface area (Å²) >= 11 is 0. The third kappa shape index (κ3) is 5.47. The lowest BCUT2D eigenvalue weighted by molar-refractivity contribution is -0.384. The highest BCUT2D eigenvalue weighted by Crippen LogP contribution is 2.18.